The molecule has 1 aliphatic rings. The zero-order valence-corrected chi connectivity index (χ0v) is 13.0. The average molecular weight is 268 g/mol. The van der Waals surface area contributed by atoms with E-state index in [4.69, 9.17) is 4.74 Å². The summed E-state index contributed by atoms with van der Waals surface area (Å²) >= 11 is 0. The Bertz CT molecular complexity index is 349. The molecule has 1 aliphatic carbocycles. The molecule has 0 heterocycles. The number of halogens is 3. The molecule has 1 saturated carbocycles. The molecule has 0 N–H and O–H groups in total. The molecule has 0 spiro atoms. The van der Waals surface area contributed by atoms with Crippen LogP contribution in [-0.4, -0.2) is 13.6 Å². The first-order valence-corrected chi connectivity index (χ1v) is 5.48. The molecule has 1 aromatic rings. The molecule has 0 aromatic heterocycles. The fourth-order valence-corrected chi connectivity index (χ4v) is 1.53. The number of hydrogen-bond acceptors (Lipinski definition) is 1. The molecular weight excluding hydrogens is 255 g/mol. The first kappa shape index (κ1) is 15.6. The van der Waals surface area contributed by atoms with Crippen molar-refractivity contribution < 1.29 is 69.1 Å². The maximum atomic E-state index is 12.3. The molecule has 0 radical (unpaired) electrons. The van der Waals surface area contributed by atoms with E-state index in [2.05, 4.69) is 0 Å². The van der Waals surface area contributed by atoms with Gasteiger partial charge in [-0.25, -0.2) is 0 Å². The largest absolute Gasteiger partial charge is 1.00 e. The Balaban J connectivity index is 0.00000144. The van der Waals surface area contributed by atoms with Crippen LogP contribution in [0.3, 0.4) is 0 Å². The maximum absolute atomic E-state index is 12.3. The van der Waals surface area contributed by atoms with E-state index in [-0.39, 0.29) is 51.4 Å². The Kier molecular flexibility index (Phi) is 6.06. The Morgan fingerprint density at radius 2 is 1.71 bits per heavy atom. The maximum Gasteiger partial charge on any atom is 1.00 e. The van der Waals surface area contributed by atoms with Crippen LogP contribution >= 0.6 is 0 Å². The van der Waals surface area contributed by atoms with Gasteiger partial charge in [0.1, 0.15) is 5.75 Å². The SMILES string of the molecule is F[B-](F)(F)c1ccc(OCCC2CC2)cc1.[K+]. The van der Waals surface area contributed by atoms with E-state index in [1.165, 1.54) is 25.0 Å². The number of benzene rings is 1. The predicted octanol–water partition coefficient (Wildman–Crippen LogP) is -0.0761. The molecule has 0 saturated heterocycles. The third-order valence-corrected chi connectivity index (χ3v) is 2.75. The molecular formula is C11H13BF3KO. The molecule has 6 heteroatoms. The molecule has 0 unspecified atom stereocenters. The number of ether oxygens (including phenoxy) is 1. The summed E-state index contributed by atoms with van der Waals surface area (Å²) in [6, 6.07) is 4.92. The second kappa shape index (κ2) is 6.61. The van der Waals surface area contributed by atoms with Crippen LogP contribution in [0.2, 0.25) is 0 Å². The van der Waals surface area contributed by atoms with Crippen molar-refractivity contribution in [1.29, 1.82) is 0 Å². The van der Waals surface area contributed by atoms with Gasteiger partial charge in [0.25, 0.3) is 0 Å². The van der Waals surface area contributed by atoms with E-state index >= 15 is 0 Å². The topological polar surface area (TPSA) is 9.23 Å². The van der Waals surface area contributed by atoms with Gasteiger partial charge in [-0.05, 0) is 24.5 Å². The van der Waals surface area contributed by atoms with Crippen LogP contribution in [-0.2, 0) is 0 Å². The van der Waals surface area contributed by atoms with E-state index in [0.29, 0.717) is 12.4 Å². The molecule has 1 aromatic carbocycles. The van der Waals surface area contributed by atoms with Crippen molar-refractivity contribution in [1.82, 2.24) is 0 Å². The van der Waals surface area contributed by atoms with E-state index in [1.807, 2.05) is 0 Å². The molecule has 0 atom stereocenters. The monoisotopic (exact) mass is 268 g/mol. The quantitative estimate of drug-likeness (QED) is 0.679. The van der Waals surface area contributed by atoms with Crippen molar-refractivity contribution >= 4 is 12.4 Å². The minimum absolute atomic E-state index is 0. The summed E-state index contributed by atoms with van der Waals surface area (Å²) in [4.78, 5) is 0. The van der Waals surface area contributed by atoms with Gasteiger partial charge in [-0.1, -0.05) is 25.0 Å². The van der Waals surface area contributed by atoms with Gasteiger partial charge >= 0.3 is 58.4 Å². The summed E-state index contributed by atoms with van der Waals surface area (Å²) in [6.45, 7) is -4.29. The van der Waals surface area contributed by atoms with Gasteiger partial charge in [-0.2, -0.15) is 0 Å². The zero-order chi connectivity index (χ0) is 11.6. The van der Waals surface area contributed by atoms with Gasteiger partial charge in [0.2, 0.25) is 0 Å². The molecule has 0 bridgehead atoms. The Labute approximate surface area is 142 Å². The standard InChI is InChI=1S/C11H13BF3O.K/c13-12(14,15)10-3-5-11(6-4-10)16-8-7-9-1-2-9;/h3-6,9H,1-2,7-8H2;/q-1;+1. The van der Waals surface area contributed by atoms with Crippen molar-refractivity contribution in [3.05, 3.63) is 24.3 Å². The second-order valence-electron chi connectivity index (χ2n) is 4.22. The number of hydrogen-bond donors (Lipinski definition) is 0. The predicted molar refractivity (Wildman–Crippen MR) is 58.0 cm³/mol. The van der Waals surface area contributed by atoms with Crippen LogP contribution in [0.1, 0.15) is 19.3 Å². The van der Waals surface area contributed by atoms with Crippen LogP contribution in [0.4, 0.5) is 12.9 Å². The van der Waals surface area contributed by atoms with Crippen LogP contribution in [0, 0.1) is 5.92 Å². The Hall–Kier alpha value is 0.511. The summed E-state index contributed by atoms with van der Waals surface area (Å²) in [7, 11) is 0. The molecule has 88 valence electrons. The zero-order valence-electron chi connectivity index (χ0n) is 9.83. The van der Waals surface area contributed by atoms with E-state index < -0.39 is 12.4 Å². The average Bonchev–Trinajstić information content (AvgIpc) is 3.01. The van der Waals surface area contributed by atoms with Gasteiger partial charge in [0, 0.05) is 0 Å². The van der Waals surface area contributed by atoms with E-state index in [9.17, 15) is 12.9 Å². The van der Waals surface area contributed by atoms with Gasteiger partial charge in [-0.3, -0.25) is 0 Å². The van der Waals surface area contributed by atoms with Crippen molar-refractivity contribution in [3.8, 4) is 5.75 Å². The number of rotatable bonds is 5. The fourth-order valence-electron chi connectivity index (χ4n) is 1.53. The van der Waals surface area contributed by atoms with Crippen LogP contribution in [0.25, 0.3) is 0 Å². The molecule has 17 heavy (non-hydrogen) atoms. The van der Waals surface area contributed by atoms with Crippen LogP contribution in [0.15, 0.2) is 24.3 Å². The molecule has 1 nitrogen and oxygen atoms in total. The smallest absolute Gasteiger partial charge is 0.494 e. The van der Waals surface area contributed by atoms with E-state index in [1.54, 1.807) is 0 Å². The molecule has 0 amide bonds. The second-order valence-corrected chi connectivity index (χ2v) is 4.22. The third-order valence-electron chi connectivity index (χ3n) is 2.75. The molecule has 2 rings (SSSR count). The summed E-state index contributed by atoms with van der Waals surface area (Å²) in [5.41, 5.74) is -0.574. The summed E-state index contributed by atoms with van der Waals surface area (Å²) in [5, 5.41) is 0. The van der Waals surface area contributed by atoms with E-state index in [0.717, 1.165) is 24.5 Å². The third kappa shape index (κ3) is 5.34. The van der Waals surface area contributed by atoms with Crippen molar-refractivity contribution in [2.24, 2.45) is 5.92 Å². The summed E-state index contributed by atoms with van der Waals surface area (Å²) in [6.07, 6.45) is 3.53. The minimum atomic E-state index is -4.89. The first-order valence-electron chi connectivity index (χ1n) is 5.48. The van der Waals surface area contributed by atoms with Gasteiger partial charge in [-0.15, -0.1) is 5.46 Å². The first-order chi connectivity index (χ1) is 7.55. The van der Waals surface area contributed by atoms with Crippen LogP contribution in [0.5, 0.6) is 5.75 Å². The normalized spacial score (nSPS) is 15.2. The molecule has 0 aliphatic heterocycles. The van der Waals surface area contributed by atoms with Crippen molar-refractivity contribution in [2.75, 3.05) is 6.61 Å². The Morgan fingerprint density at radius 3 is 2.18 bits per heavy atom. The van der Waals surface area contributed by atoms with Gasteiger partial charge in [0.15, 0.2) is 0 Å². The Morgan fingerprint density at radius 1 is 1.12 bits per heavy atom. The minimum Gasteiger partial charge on any atom is -0.494 e. The molecule has 1 fully saturated rings. The fraction of sp³-hybridized carbons (Fsp3) is 0.455. The van der Waals surface area contributed by atoms with Gasteiger partial charge in [0.05, 0.1) is 6.61 Å². The van der Waals surface area contributed by atoms with Gasteiger partial charge < -0.3 is 17.7 Å². The van der Waals surface area contributed by atoms with Crippen molar-refractivity contribution in [3.63, 3.8) is 0 Å². The van der Waals surface area contributed by atoms with Crippen LogP contribution < -0.4 is 61.6 Å². The summed E-state index contributed by atoms with van der Waals surface area (Å²) in [5.74, 6) is 1.29. The summed E-state index contributed by atoms with van der Waals surface area (Å²) < 4.78 is 42.3. The van der Waals surface area contributed by atoms with Crippen molar-refractivity contribution in [2.45, 2.75) is 19.3 Å².